The van der Waals surface area contributed by atoms with E-state index in [4.69, 9.17) is 9.47 Å². The molecular weight excluding hydrogens is 436 g/mol. The number of ether oxygens (including phenoxy) is 2. The van der Waals surface area contributed by atoms with Crippen LogP contribution in [0.15, 0.2) is 35.2 Å². The smallest absolute Gasteiger partial charge is 0.259 e. The SMILES string of the molecule is COc1cc(F)c(S(=O)(=O)C[C@H]2CCOC2)cc1C(=O)Nc1ccc(F)c(C)c1.S. The van der Waals surface area contributed by atoms with Crippen molar-refractivity contribution < 1.29 is 31.5 Å². The lowest BCUT2D eigenvalue weighted by Crippen LogP contribution is -2.19. The first-order valence-corrected chi connectivity index (χ1v) is 10.6. The first kappa shape index (κ1) is 24.1. The lowest BCUT2D eigenvalue weighted by atomic mass is 10.1. The van der Waals surface area contributed by atoms with Gasteiger partial charge in [-0.1, -0.05) is 0 Å². The van der Waals surface area contributed by atoms with Crippen LogP contribution in [0.1, 0.15) is 22.3 Å². The first-order valence-electron chi connectivity index (χ1n) is 8.97. The number of halogens is 2. The molecule has 0 radical (unpaired) electrons. The molecule has 3 rings (SSSR count). The summed E-state index contributed by atoms with van der Waals surface area (Å²) >= 11 is 0. The van der Waals surface area contributed by atoms with Gasteiger partial charge in [-0.25, -0.2) is 17.2 Å². The van der Waals surface area contributed by atoms with Crippen molar-refractivity contribution in [1.82, 2.24) is 0 Å². The number of methoxy groups -OCH3 is 1. The Morgan fingerprint density at radius 1 is 1.23 bits per heavy atom. The Labute approximate surface area is 180 Å². The average Bonchev–Trinajstić information content (AvgIpc) is 3.16. The van der Waals surface area contributed by atoms with Gasteiger partial charge in [0.1, 0.15) is 22.3 Å². The molecule has 0 spiro atoms. The molecule has 6 nitrogen and oxygen atoms in total. The minimum atomic E-state index is -3.98. The second-order valence-corrected chi connectivity index (χ2v) is 8.91. The van der Waals surface area contributed by atoms with E-state index in [-0.39, 0.29) is 36.5 Å². The summed E-state index contributed by atoms with van der Waals surface area (Å²) in [5, 5.41) is 2.55. The number of benzene rings is 2. The lowest BCUT2D eigenvalue weighted by molar-refractivity contribution is 0.102. The minimum Gasteiger partial charge on any atom is -0.496 e. The predicted molar refractivity (Wildman–Crippen MR) is 113 cm³/mol. The van der Waals surface area contributed by atoms with Crippen molar-refractivity contribution in [3.05, 3.63) is 53.1 Å². The van der Waals surface area contributed by atoms with Crippen LogP contribution in [0.5, 0.6) is 5.75 Å². The summed E-state index contributed by atoms with van der Waals surface area (Å²) in [4.78, 5) is 12.1. The molecule has 0 bridgehead atoms. The number of sulfone groups is 1. The van der Waals surface area contributed by atoms with Gasteiger partial charge in [-0.3, -0.25) is 4.79 Å². The van der Waals surface area contributed by atoms with Gasteiger partial charge in [0.25, 0.3) is 5.91 Å². The number of aryl methyl sites for hydroxylation is 1. The van der Waals surface area contributed by atoms with Gasteiger partial charge in [0.05, 0.1) is 25.0 Å². The molecule has 1 aliphatic rings. The zero-order valence-electron chi connectivity index (χ0n) is 16.5. The third-order valence-electron chi connectivity index (χ3n) is 4.73. The summed E-state index contributed by atoms with van der Waals surface area (Å²) in [6.07, 6.45) is 0.578. The number of carbonyl (C=O) groups is 1. The van der Waals surface area contributed by atoms with Crippen LogP contribution in [0.4, 0.5) is 14.5 Å². The topological polar surface area (TPSA) is 81.7 Å². The van der Waals surface area contributed by atoms with Crippen LogP contribution < -0.4 is 10.1 Å². The number of rotatable bonds is 6. The maximum Gasteiger partial charge on any atom is 0.259 e. The highest BCUT2D eigenvalue weighted by atomic mass is 32.2. The maximum absolute atomic E-state index is 14.5. The van der Waals surface area contributed by atoms with Crippen LogP contribution in [0.25, 0.3) is 0 Å². The zero-order valence-corrected chi connectivity index (χ0v) is 18.3. The summed E-state index contributed by atoms with van der Waals surface area (Å²) in [7, 11) is -2.73. The maximum atomic E-state index is 14.5. The number of hydrogen-bond acceptors (Lipinski definition) is 5. The van der Waals surface area contributed by atoms with Crippen molar-refractivity contribution in [3.8, 4) is 5.75 Å². The van der Waals surface area contributed by atoms with Gasteiger partial charge in [-0.05, 0) is 49.1 Å². The highest BCUT2D eigenvalue weighted by Crippen LogP contribution is 2.29. The molecule has 30 heavy (non-hydrogen) atoms. The largest absolute Gasteiger partial charge is 0.496 e. The number of hydrogen-bond donors (Lipinski definition) is 1. The zero-order chi connectivity index (χ0) is 21.2. The molecule has 1 saturated heterocycles. The van der Waals surface area contributed by atoms with Gasteiger partial charge in [-0.15, -0.1) is 0 Å². The fourth-order valence-electron chi connectivity index (χ4n) is 3.16. The van der Waals surface area contributed by atoms with Gasteiger partial charge >= 0.3 is 0 Å². The summed E-state index contributed by atoms with van der Waals surface area (Å²) in [6.45, 7) is 2.31. The standard InChI is InChI=1S/C20H21F2NO5S.H2S/c1-12-7-14(3-4-16(12)21)23-20(24)15-8-19(17(22)9-18(15)27-2)29(25,26)11-13-5-6-28-10-13;/h3-4,7-9,13H,5-6,10-11H2,1-2H3,(H,23,24);1H2/t13-;/m0./s1. The van der Waals surface area contributed by atoms with Crippen LogP contribution in [-0.2, 0) is 14.6 Å². The molecule has 2 aromatic carbocycles. The van der Waals surface area contributed by atoms with E-state index in [1.54, 1.807) is 6.92 Å². The minimum absolute atomic E-state index is 0. The molecular formula is C20H23F2NO5S2. The van der Waals surface area contributed by atoms with E-state index in [1.807, 2.05) is 0 Å². The van der Waals surface area contributed by atoms with Crippen LogP contribution in [0, 0.1) is 24.5 Å². The summed E-state index contributed by atoms with van der Waals surface area (Å²) in [6, 6.07) is 5.86. The van der Waals surface area contributed by atoms with E-state index in [0.717, 1.165) is 12.1 Å². The van der Waals surface area contributed by atoms with Gasteiger partial charge in [0.15, 0.2) is 9.84 Å². The molecule has 0 saturated carbocycles. The van der Waals surface area contributed by atoms with E-state index in [9.17, 15) is 22.0 Å². The Kier molecular flexibility index (Phi) is 7.84. The van der Waals surface area contributed by atoms with Crippen LogP contribution >= 0.6 is 13.5 Å². The lowest BCUT2D eigenvalue weighted by Gasteiger charge is -2.14. The monoisotopic (exact) mass is 459 g/mol. The predicted octanol–water partition coefficient (Wildman–Crippen LogP) is 3.46. The van der Waals surface area contributed by atoms with Crippen molar-refractivity contribution in [2.45, 2.75) is 18.2 Å². The normalized spacial score (nSPS) is 16.1. The third-order valence-corrected chi connectivity index (χ3v) is 6.62. The fourth-order valence-corrected chi connectivity index (χ4v) is 4.87. The van der Waals surface area contributed by atoms with Crippen molar-refractivity contribution in [2.24, 2.45) is 5.92 Å². The quantitative estimate of drug-likeness (QED) is 0.716. The summed E-state index contributed by atoms with van der Waals surface area (Å²) in [5.74, 6) is -2.72. The summed E-state index contributed by atoms with van der Waals surface area (Å²) < 4.78 is 63.6. The Morgan fingerprint density at radius 2 is 1.97 bits per heavy atom. The van der Waals surface area contributed by atoms with E-state index in [1.165, 1.54) is 25.3 Å². The molecule has 0 aromatic heterocycles. The van der Waals surface area contributed by atoms with Crippen molar-refractivity contribution in [2.75, 3.05) is 31.4 Å². The van der Waals surface area contributed by atoms with Gasteiger partial charge < -0.3 is 14.8 Å². The highest BCUT2D eigenvalue weighted by Gasteiger charge is 2.29. The number of nitrogens with one attached hydrogen (secondary N) is 1. The second kappa shape index (κ2) is 9.76. The van der Waals surface area contributed by atoms with E-state index in [2.05, 4.69) is 5.32 Å². The van der Waals surface area contributed by atoms with Crippen molar-refractivity contribution in [1.29, 1.82) is 0 Å². The Balaban J connectivity index is 0.00000320. The average molecular weight is 460 g/mol. The number of amides is 1. The van der Waals surface area contributed by atoms with Crippen LogP contribution in [0.2, 0.25) is 0 Å². The first-order chi connectivity index (χ1) is 13.7. The van der Waals surface area contributed by atoms with Gasteiger partial charge in [0, 0.05) is 18.4 Å². The van der Waals surface area contributed by atoms with E-state index < -0.39 is 32.3 Å². The van der Waals surface area contributed by atoms with E-state index >= 15 is 0 Å². The second-order valence-electron chi connectivity index (χ2n) is 6.91. The molecule has 0 unspecified atom stereocenters. The third kappa shape index (κ3) is 5.30. The molecule has 1 fully saturated rings. The highest BCUT2D eigenvalue weighted by molar-refractivity contribution is 7.91. The molecule has 2 aromatic rings. The molecule has 1 amide bonds. The molecule has 0 aliphatic carbocycles. The molecule has 1 N–H and O–H groups in total. The van der Waals surface area contributed by atoms with Gasteiger partial charge in [0.2, 0.25) is 0 Å². The molecule has 10 heteroatoms. The van der Waals surface area contributed by atoms with E-state index in [0.29, 0.717) is 30.9 Å². The molecule has 1 atom stereocenters. The van der Waals surface area contributed by atoms with Crippen LogP contribution in [-0.4, -0.2) is 40.4 Å². The van der Waals surface area contributed by atoms with Gasteiger partial charge in [-0.2, -0.15) is 13.5 Å². The molecule has 1 aliphatic heterocycles. The number of carbonyl (C=O) groups excluding carboxylic acids is 1. The Hall–Kier alpha value is -2.17. The van der Waals surface area contributed by atoms with Crippen molar-refractivity contribution in [3.63, 3.8) is 0 Å². The molecule has 164 valence electrons. The summed E-state index contributed by atoms with van der Waals surface area (Å²) in [5.41, 5.74) is 0.501. The Bertz CT molecular complexity index is 1040. The fraction of sp³-hybridized carbons (Fsp3) is 0.350. The molecule has 1 heterocycles. The Morgan fingerprint density at radius 3 is 2.57 bits per heavy atom. The number of anilines is 1. The van der Waals surface area contributed by atoms with Crippen molar-refractivity contribution >= 4 is 34.9 Å². The van der Waals surface area contributed by atoms with Crippen LogP contribution in [0.3, 0.4) is 0 Å².